The molecule has 0 aliphatic heterocycles. The molecule has 0 aliphatic carbocycles. The highest BCUT2D eigenvalue weighted by Crippen LogP contribution is 2.35. The summed E-state index contributed by atoms with van der Waals surface area (Å²) in [4.78, 5) is 20.0. The van der Waals surface area contributed by atoms with E-state index in [1.807, 2.05) is 13.8 Å². The summed E-state index contributed by atoms with van der Waals surface area (Å²) in [7, 11) is 0. The monoisotopic (exact) mass is 475 g/mol. The zero-order valence-corrected chi connectivity index (χ0v) is 17.4. The molecule has 158 valence electrons. The minimum absolute atomic E-state index is 0.0870. The number of aromatic nitrogens is 2. The van der Waals surface area contributed by atoms with Crippen LogP contribution >= 0.6 is 15.9 Å². The van der Waals surface area contributed by atoms with Crippen molar-refractivity contribution in [1.82, 2.24) is 15.3 Å². The average molecular weight is 476 g/mol. The number of aliphatic hydroxyl groups excluding tert-OH is 1. The van der Waals surface area contributed by atoms with Crippen LogP contribution in [0.3, 0.4) is 0 Å². The second-order valence-electron chi connectivity index (χ2n) is 6.76. The summed E-state index contributed by atoms with van der Waals surface area (Å²) in [5.41, 5.74) is -1.51. The third-order valence-electron chi connectivity index (χ3n) is 3.85. The van der Waals surface area contributed by atoms with Gasteiger partial charge in [0.15, 0.2) is 5.69 Å². The third kappa shape index (κ3) is 6.67. The first-order chi connectivity index (χ1) is 13.6. The number of alkyl halides is 3. The highest BCUT2D eigenvalue weighted by molar-refractivity contribution is 9.10. The largest absolute Gasteiger partial charge is 0.470 e. The Morgan fingerprint density at radius 1 is 1.34 bits per heavy atom. The number of rotatable bonds is 8. The summed E-state index contributed by atoms with van der Waals surface area (Å²) >= 11 is 3.11. The van der Waals surface area contributed by atoms with Gasteiger partial charge in [0, 0.05) is 6.20 Å². The molecule has 2 rings (SSSR count). The predicted molar refractivity (Wildman–Crippen MR) is 103 cm³/mol. The summed E-state index contributed by atoms with van der Waals surface area (Å²) < 4.78 is 46.1. The first-order valence-electron chi connectivity index (χ1n) is 8.84. The van der Waals surface area contributed by atoms with Crippen LogP contribution < -0.4 is 10.1 Å². The van der Waals surface area contributed by atoms with Crippen molar-refractivity contribution in [2.24, 2.45) is 5.92 Å². The number of hydrogen-bond acceptors (Lipinski definition) is 5. The topological polar surface area (TPSA) is 84.3 Å². The smallest absolute Gasteiger partial charge is 0.434 e. The van der Waals surface area contributed by atoms with Crippen molar-refractivity contribution in [2.45, 2.75) is 39.1 Å². The Bertz CT molecular complexity index is 833. The molecule has 0 saturated heterocycles. The van der Waals surface area contributed by atoms with E-state index in [1.165, 1.54) is 6.20 Å². The lowest BCUT2D eigenvalue weighted by molar-refractivity contribution is -0.141. The second-order valence-corrected chi connectivity index (χ2v) is 7.62. The lowest BCUT2D eigenvalue weighted by Gasteiger charge is -2.20. The number of aliphatic hydroxyl groups is 1. The van der Waals surface area contributed by atoms with Gasteiger partial charge in [0.05, 0.1) is 28.4 Å². The van der Waals surface area contributed by atoms with Gasteiger partial charge in [-0.1, -0.05) is 19.9 Å². The minimum Gasteiger partial charge on any atom is -0.470 e. The number of nitrogens with one attached hydrogen (secondary N) is 1. The molecule has 0 fully saturated rings. The van der Waals surface area contributed by atoms with E-state index in [0.29, 0.717) is 12.1 Å². The van der Waals surface area contributed by atoms with Crippen LogP contribution in [0.15, 0.2) is 34.9 Å². The number of pyridine rings is 2. The van der Waals surface area contributed by atoms with Crippen LogP contribution in [0.5, 0.6) is 5.88 Å². The van der Waals surface area contributed by atoms with Crippen LogP contribution in [-0.4, -0.2) is 33.6 Å². The summed E-state index contributed by atoms with van der Waals surface area (Å²) in [5, 5.41) is 11.8. The van der Waals surface area contributed by atoms with Crippen LogP contribution in [0, 0.1) is 5.92 Å². The van der Waals surface area contributed by atoms with Crippen molar-refractivity contribution >= 4 is 21.8 Å². The molecule has 10 heteroatoms. The van der Waals surface area contributed by atoms with E-state index in [9.17, 15) is 23.1 Å². The molecule has 0 spiro atoms. The first-order valence-corrected chi connectivity index (χ1v) is 9.63. The van der Waals surface area contributed by atoms with Gasteiger partial charge >= 0.3 is 6.18 Å². The van der Waals surface area contributed by atoms with E-state index < -0.39 is 29.4 Å². The van der Waals surface area contributed by atoms with Crippen molar-refractivity contribution in [3.8, 4) is 5.88 Å². The molecule has 2 aromatic heterocycles. The standard InChI is InChI=1S/C19H21BrF3N3O3/c1-11(2)7-13(9-27)25-17(28)14-8-15(20)18(26-16(14)19(21,22)23)29-10-12-5-3-4-6-24-12/h3-6,8,11,13,27H,7,9-10H2,1-2H3,(H,25,28). The van der Waals surface area contributed by atoms with Crippen LogP contribution in [0.4, 0.5) is 13.2 Å². The molecule has 2 heterocycles. The fraction of sp³-hybridized carbons (Fsp3) is 0.421. The van der Waals surface area contributed by atoms with Crippen molar-refractivity contribution in [3.63, 3.8) is 0 Å². The van der Waals surface area contributed by atoms with Crippen LogP contribution in [-0.2, 0) is 12.8 Å². The van der Waals surface area contributed by atoms with Gasteiger partial charge in [-0.25, -0.2) is 4.98 Å². The van der Waals surface area contributed by atoms with Gasteiger partial charge in [0.1, 0.15) is 6.61 Å². The molecule has 2 aromatic rings. The third-order valence-corrected chi connectivity index (χ3v) is 4.42. The van der Waals surface area contributed by atoms with Gasteiger partial charge in [-0.2, -0.15) is 13.2 Å². The SMILES string of the molecule is CC(C)CC(CO)NC(=O)c1cc(Br)c(OCc2ccccn2)nc1C(F)(F)F. The van der Waals surface area contributed by atoms with Crippen molar-refractivity contribution in [1.29, 1.82) is 0 Å². The van der Waals surface area contributed by atoms with Gasteiger partial charge in [-0.15, -0.1) is 0 Å². The number of amides is 1. The Labute approximate surface area is 174 Å². The van der Waals surface area contributed by atoms with Crippen LogP contribution in [0.25, 0.3) is 0 Å². The molecule has 1 unspecified atom stereocenters. The van der Waals surface area contributed by atoms with Gasteiger partial charge in [-0.3, -0.25) is 9.78 Å². The maximum atomic E-state index is 13.5. The number of ether oxygens (including phenoxy) is 1. The summed E-state index contributed by atoms with van der Waals surface area (Å²) in [6, 6.07) is 5.43. The molecule has 1 amide bonds. The molecule has 2 N–H and O–H groups in total. The maximum Gasteiger partial charge on any atom is 0.434 e. The molecule has 0 radical (unpaired) electrons. The summed E-state index contributed by atoms with van der Waals surface area (Å²) in [6.45, 7) is 3.28. The lowest BCUT2D eigenvalue weighted by atomic mass is 10.0. The highest BCUT2D eigenvalue weighted by Gasteiger charge is 2.39. The second kappa shape index (κ2) is 10.0. The number of nitrogens with zero attached hydrogens (tertiary/aromatic N) is 2. The number of carbonyl (C=O) groups excluding carboxylic acids is 1. The summed E-state index contributed by atoms with van der Waals surface area (Å²) in [5.74, 6) is -1.14. The maximum absolute atomic E-state index is 13.5. The van der Waals surface area contributed by atoms with Gasteiger partial charge in [0.2, 0.25) is 5.88 Å². The first kappa shape index (κ1) is 23.1. The lowest BCUT2D eigenvalue weighted by Crippen LogP contribution is -2.39. The molecule has 0 aromatic carbocycles. The molecular weight excluding hydrogens is 455 g/mol. The zero-order valence-electron chi connectivity index (χ0n) is 15.8. The van der Waals surface area contributed by atoms with Gasteiger partial charge in [-0.05, 0) is 46.5 Å². The normalized spacial score (nSPS) is 12.7. The fourth-order valence-corrected chi connectivity index (χ4v) is 3.03. The van der Waals surface area contributed by atoms with E-state index in [4.69, 9.17) is 4.74 Å². The number of carbonyl (C=O) groups is 1. The van der Waals surface area contributed by atoms with Gasteiger partial charge in [0.25, 0.3) is 5.91 Å². The molecular formula is C19H21BrF3N3O3. The van der Waals surface area contributed by atoms with Crippen molar-refractivity contribution in [2.75, 3.05) is 6.61 Å². The summed E-state index contributed by atoms with van der Waals surface area (Å²) in [6.07, 6.45) is -2.92. The van der Waals surface area contributed by atoms with Gasteiger partial charge < -0.3 is 15.2 Å². The quantitative estimate of drug-likeness (QED) is 0.603. The van der Waals surface area contributed by atoms with Crippen molar-refractivity contribution in [3.05, 3.63) is 51.9 Å². The Morgan fingerprint density at radius 3 is 2.62 bits per heavy atom. The van der Waals surface area contributed by atoms with Crippen molar-refractivity contribution < 1.29 is 27.8 Å². The molecule has 6 nitrogen and oxygen atoms in total. The molecule has 29 heavy (non-hydrogen) atoms. The van der Waals surface area contributed by atoms with E-state index in [0.717, 1.165) is 6.07 Å². The zero-order chi connectivity index (χ0) is 21.6. The Morgan fingerprint density at radius 2 is 2.07 bits per heavy atom. The Kier molecular flexibility index (Phi) is 7.97. The fourth-order valence-electron chi connectivity index (χ4n) is 2.60. The minimum atomic E-state index is -4.87. The number of hydrogen-bond donors (Lipinski definition) is 2. The van der Waals surface area contributed by atoms with Crippen LogP contribution in [0.2, 0.25) is 0 Å². The van der Waals surface area contributed by atoms with Crippen LogP contribution in [0.1, 0.15) is 42.0 Å². The predicted octanol–water partition coefficient (Wildman–Crippen LogP) is 3.97. The van der Waals surface area contributed by atoms with E-state index >= 15 is 0 Å². The number of halogens is 4. The Balaban J connectivity index is 2.30. The average Bonchev–Trinajstić information content (AvgIpc) is 2.65. The molecule has 1 atom stereocenters. The molecule has 0 bridgehead atoms. The Hall–Kier alpha value is -2.20. The molecule has 0 aliphatic rings. The van der Waals surface area contributed by atoms with E-state index in [1.54, 1.807) is 18.2 Å². The highest BCUT2D eigenvalue weighted by atomic mass is 79.9. The van der Waals surface area contributed by atoms with E-state index in [-0.39, 0.29) is 29.5 Å². The molecule has 0 saturated carbocycles. The van der Waals surface area contributed by atoms with E-state index in [2.05, 4.69) is 31.2 Å².